The summed E-state index contributed by atoms with van der Waals surface area (Å²) in [4.78, 5) is 27.7. The fraction of sp³-hybridized carbons (Fsp3) is 0.556. The van der Waals surface area contributed by atoms with Crippen molar-refractivity contribution < 1.29 is 14.3 Å². The molecule has 0 saturated carbocycles. The molecule has 6 heteroatoms. The van der Waals surface area contributed by atoms with Gasteiger partial charge >= 0.3 is 5.97 Å². The standard InChI is InChI=1S/C18H26N2O3S/c1-4-23-18(22)12-19(3)17(21)11-20-9-10-24-13-16(20)15-7-5-14(2)6-8-15/h5-8,16H,4,9-13H2,1-3H3. The summed E-state index contributed by atoms with van der Waals surface area (Å²) in [5.41, 5.74) is 2.48. The molecular weight excluding hydrogens is 324 g/mol. The van der Waals surface area contributed by atoms with Gasteiger partial charge in [-0.3, -0.25) is 14.5 Å². The predicted octanol–water partition coefficient (Wildman–Crippen LogP) is 2.11. The highest BCUT2D eigenvalue weighted by atomic mass is 32.2. The van der Waals surface area contributed by atoms with E-state index in [1.165, 1.54) is 16.0 Å². The predicted molar refractivity (Wildman–Crippen MR) is 97.1 cm³/mol. The van der Waals surface area contributed by atoms with Crippen LogP contribution in [-0.2, 0) is 14.3 Å². The molecule has 1 saturated heterocycles. The summed E-state index contributed by atoms with van der Waals surface area (Å²) in [6.45, 7) is 5.38. The Kier molecular flexibility index (Phi) is 7.12. The van der Waals surface area contributed by atoms with Crippen molar-refractivity contribution in [3.05, 3.63) is 35.4 Å². The summed E-state index contributed by atoms with van der Waals surface area (Å²) in [6.07, 6.45) is 0. The molecule has 1 unspecified atom stereocenters. The Hall–Kier alpha value is -1.53. The van der Waals surface area contributed by atoms with E-state index in [9.17, 15) is 9.59 Å². The number of carbonyl (C=O) groups is 2. The van der Waals surface area contributed by atoms with Crippen molar-refractivity contribution >= 4 is 23.6 Å². The number of carbonyl (C=O) groups excluding carboxylic acids is 2. The fourth-order valence-corrected chi connectivity index (χ4v) is 3.86. The van der Waals surface area contributed by atoms with Crippen LogP contribution >= 0.6 is 11.8 Å². The first-order chi connectivity index (χ1) is 11.5. The third-order valence-electron chi connectivity index (χ3n) is 4.14. The van der Waals surface area contributed by atoms with Crippen LogP contribution in [0.4, 0.5) is 0 Å². The van der Waals surface area contributed by atoms with E-state index in [1.54, 1.807) is 14.0 Å². The number of esters is 1. The Morgan fingerprint density at radius 3 is 2.71 bits per heavy atom. The van der Waals surface area contributed by atoms with Crippen molar-refractivity contribution in [1.82, 2.24) is 9.80 Å². The molecule has 1 aliphatic rings. The van der Waals surface area contributed by atoms with E-state index in [0.29, 0.717) is 13.2 Å². The van der Waals surface area contributed by atoms with Crippen LogP contribution in [0.15, 0.2) is 24.3 Å². The number of benzene rings is 1. The van der Waals surface area contributed by atoms with Gasteiger partial charge in [0.05, 0.1) is 13.2 Å². The second kappa shape index (κ2) is 9.08. The van der Waals surface area contributed by atoms with Crippen LogP contribution < -0.4 is 0 Å². The Bertz CT molecular complexity index is 562. The van der Waals surface area contributed by atoms with E-state index in [2.05, 4.69) is 36.1 Å². The highest BCUT2D eigenvalue weighted by Gasteiger charge is 2.27. The molecule has 2 rings (SSSR count). The minimum atomic E-state index is -0.363. The highest BCUT2D eigenvalue weighted by Crippen LogP contribution is 2.29. The second-order valence-electron chi connectivity index (χ2n) is 6.03. The van der Waals surface area contributed by atoms with Gasteiger partial charge in [0.25, 0.3) is 0 Å². The number of aryl methyl sites for hydroxylation is 1. The van der Waals surface area contributed by atoms with E-state index in [-0.39, 0.29) is 24.5 Å². The van der Waals surface area contributed by atoms with E-state index >= 15 is 0 Å². The third kappa shape index (κ3) is 5.24. The van der Waals surface area contributed by atoms with Crippen LogP contribution in [-0.4, -0.2) is 66.5 Å². The zero-order valence-corrected chi connectivity index (χ0v) is 15.5. The molecule has 0 spiro atoms. The lowest BCUT2D eigenvalue weighted by Crippen LogP contribution is -2.45. The van der Waals surface area contributed by atoms with Crippen molar-refractivity contribution in [2.24, 2.45) is 0 Å². The number of hydrogen-bond donors (Lipinski definition) is 0. The maximum atomic E-state index is 12.5. The topological polar surface area (TPSA) is 49.9 Å². The molecule has 0 radical (unpaired) electrons. The molecule has 5 nitrogen and oxygen atoms in total. The van der Waals surface area contributed by atoms with Gasteiger partial charge in [-0.05, 0) is 19.4 Å². The van der Waals surface area contributed by atoms with Gasteiger partial charge < -0.3 is 9.64 Å². The fourth-order valence-electron chi connectivity index (χ4n) is 2.71. The molecule has 0 N–H and O–H groups in total. The molecular formula is C18H26N2O3S. The van der Waals surface area contributed by atoms with Gasteiger partial charge in [-0.2, -0.15) is 11.8 Å². The number of thioether (sulfide) groups is 1. The van der Waals surface area contributed by atoms with Gasteiger partial charge in [0, 0.05) is 31.1 Å². The van der Waals surface area contributed by atoms with Gasteiger partial charge in [0.1, 0.15) is 6.54 Å². The van der Waals surface area contributed by atoms with E-state index in [0.717, 1.165) is 18.1 Å². The summed E-state index contributed by atoms with van der Waals surface area (Å²) >= 11 is 1.92. The molecule has 1 heterocycles. The van der Waals surface area contributed by atoms with E-state index < -0.39 is 0 Å². The second-order valence-corrected chi connectivity index (χ2v) is 7.18. The summed E-state index contributed by atoms with van der Waals surface area (Å²) in [5.74, 6) is 1.60. The first-order valence-electron chi connectivity index (χ1n) is 8.29. The molecule has 1 atom stereocenters. The summed E-state index contributed by atoms with van der Waals surface area (Å²) in [5, 5.41) is 0. The third-order valence-corrected chi connectivity index (χ3v) is 5.16. The van der Waals surface area contributed by atoms with E-state index in [4.69, 9.17) is 4.74 Å². The number of ether oxygens (including phenoxy) is 1. The summed E-state index contributed by atoms with van der Waals surface area (Å²) in [7, 11) is 1.65. The van der Waals surface area contributed by atoms with Crippen molar-refractivity contribution in [1.29, 1.82) is 0 Å². The van der Waals surface area contributed by atoms with Gasteiger partial charge in [0.15, 0.2) is 0 Å². The maximum Gasteiger partial charge on any atom is 0.325 e. The molecule has 0 aliphatic carbocycles. The highest BCUT2D eigenvalue weighted by molar-refractivity contribution is 7.99. The monoisotopic (exact) mass is 350 g/mol. The first kappa shape index (κ1) is 18.8. The van der Waals surface area contributed by atoms with Crippen molar-refractivity contribution in [2.45, 2.75) is 19.9 Å². The quantitative estimate of drug-likeness (QED) is 0.736. The van der Waals surface area contributed by atoms with Crippen LogP contribution in [0.2, 0.25) is 0 Å². The normalized spacial score (nSPS) is 18.2. The van der Waals surface area contributed by atoms with Crippen LogP contribution in [0.25, 0.3) is 0 Å². The van der Waals surface area contributed by atoms with Crippen LogP contribution in [0.1, 0.15) is 24.1 Å². The average molecular weight is 350 g/mol. The van der Waals surface area contributed by atoms with Crippen LogP contribution in [0.5, 0.6) is 0 Å². The molecule has 1 aliphatic heterocycles. The van der Waals surface area contributed by atoms with Crippen LogP contribution in [0, 0.1) is 6.92 Å². The smallest absolute Gasteiger partial charge is 0.325 e. The zero-order valence-electron chi connectivity index (χ0n) is 14.7. The lowest BCUT2D eigenvalue weighted by molar-refractivity contribution is -0.148. The SMILES string of the molecule is CCOC(=O)CN(C)C(=O)CN1CCSCC1c1ccc(C)cc1. The Labute approximate surface area is 148 Å². The molecule has 1 amide bonds. The molecule has 0 bridgehead atoms. The number of rotatable bonds is 6. The minimum Gasteiger partial charge on any atom is -0.465 e. The van der Waals surface area contributed by atoms with Crippen molar-refractivity contribution in [3.63, 3.8) is 0 Å². The Morgan fingerprint density at radius 2 is 2.04 bits per heavy atom. The molecule has 1 aromatic rings. The maximum absolute atomic E-state index is 12.5. The van der Waals surface area contributed by atoms with E-state index in [1.807, 2.05) is 11.8 Å². The molecule has 0 aromatic heterocycles. The number of amides is 1. The number of nitrogens with zero attached hydrogens (tertiary/aromatic N) is 2. The Morgan fingerprint density at radius 1 is 1.33 bits per heavy atom. The molecule has 24 heavy (non-hydrogen) atoms. The molecule has 132 valence electrons. The van der Waals surface area contributed by atoms with Gasteiger partial charge in [0.2, 0.25) is 5.91 Å². The van der Waals surface area contributed by atoms with Gasteiger partial charge in [-0.15, -0.1) is 0 Å². The lowest BCUT2D eigenvalue weighted by atomic mass is 10.0. The van der Waals surface area contributed by atoms with Crippen LogP contribution in [0.3, 0.4) is 0 Å². The lowest BCUT2D eigenvalue weighted by Gasteiger charge is -2.36. The zero-order chi connectivity index (χ0) is 17.5. The number of hydrogen-bond acceptors (Lipinski definition) is 5. The average Bonchev–Trinajstić information content (AvgIpc) is 2.56. The summed E-state index contributed by atoms with van der Waals surface area (Å²) in [6, 6.07) is 8.75. The molecule has 1 aromatic carbocycles. The number of likely N-dealkylation sites (N-methyl/N-ethyl adjacent to an activating group) is 1. The van der Waals surface area contributed by atoms with Gasteiger partial charge in [-0.1, -0.05) is 29.8 Å². The van der Waals surface area contributed by atoms with Crippen molar-refractivity contribution in [3.8, 4) is 0 Å². The first-order valence-corrected chi connectivity index (χ1v) is 9.44. The largest absolute Gasteiger partial charge is 0.465 e. The summed E-state index contributed by atoms with van der Waals surface area (Å²) < 4.78 is 4.90. The Balaban J connectivity index is 1.98. The minimum absolute atomic E-state index is 0.00443. The molecule has 1 fully saturated rings. The van der Waals surface area contributed by atoms with Gasteiger partial charge in [-0.25, -0.2) is 0 Å². The van der Waals surface area contributed by atoms with Crippen molar-refractivity contribution in [2.75, 3.05) is 44.8 Å².